The van der Waals surface area contributed by atoms with Crippen LogP contribution in [0.5, 0.6) is 0 Å². The van der Waals surface area contributed by atoms with Crippen LogP contribution in [0.4, 0.5) is 0 Å². The number of nitrogens with zero attached hydrogens (tertiary/aromatic N) is 3. The van der Waals surface area contributed by atoms with Crippen LogP contribution in [0.3, 0.4) is 0 Å². The van der Waals surface area contributed by atoms with Gasteiger partial charge < -0.3 is 10.6 Å². The number of guanidine groups is 1. The molecule has 5 heteroatoms. The highest BCUT2D eigenvalue weighted by Crippen LogP contribution is 2.06. The maximum atomic E-state index is 4.24. The number of aromatic nitrogens is 2. The van der Waals surface area contributed by atoms with Crippen LogP contribution in [0, 0.1) is 0 Å². The Kier molecular flexibility index (Phi) is 6.48. The summed E-state index contributed by atoms with van der Waals surface area (Å²) in [5, 5.41) is 10.9. The molecule has 0 fully saturated rings. The van der Waals surface area contributed by atoms with Crippen LogP contribution in [0.1, 0.15) is 30.9 Å². The second-order valence-electron chi connectivity index (χ2n) is 5.23. The normalized spacial score (nSPS) is 11.5. The summed E-state index contributed by atoms with van der Waals surface area (Å²) in [6.45, 7) is 4.70. The Hall–Kier alpha value is -2.30. The van der Waals surface area contributed by atoms with Crippen LogP contribution in [-0.2, 0) is 13.1 Å². The minimum absolute atomic E-state index is 0.763. The van der Waals surface area contributed by atoms with Crippen LogP contribution < -0.4 is 10.6 Å². The van der Waals surface area contributed by atoms with E-state index < -0.39 is 0 Å². The topological polar surface area (TPSA) is 54.2 Å². The van der Waals surface area contributed by atoms with E-state index in [1.165, 1.54) is 17.5 Å². The summed E-state index contributed by atoms with van der Waals surface area (Å²) in [5.41, 5.74) is 2.49. The van der Waals surface area contributed by atoms with Gasteiger partial charge in [-0.25, -0.2) is 0 Å². The monoisotopic (exact) mass is 299 g/mol. The summed E-state index contributed by atoms with van der Waals surface area (Å²) in [5.74, 6) is 0.853. The third-order valence-corrected chi connectivity index (χ3v) is 3.40. The zero-order valence-electron chi connectivity index (χ0n) is 13.4. The van der Waals surface area contributed by atoms with Crippen LogP contribution in [0.25, 0.3) is 0 Å². The van der Waals surface area contributed by atoms with E-state index in [0.29, 0.717) is 0 Å². The Balaban J connectivity index is 1.87. The van der Waals surface area contributed by atoms with Crippen molar-refractivity contribution in [2.24, 2.45) is 4.99 Å². The first-order chi connectivity index (χ1) is 10.8. The molecule has 0 atom stereocenters. The fourth-order valence-corrected chi connectivity index (χ4v) is 2.21. The molecule has 0 bridgehead atoms. The van der Waals surface area contributed by atoms with E-state index in [1.54, 1.807) is 13.2 Å². The maximum absolute atomic E-state index is 4.24. The molecule has 1 aromatic carbocycles. The van der Waals surface area contributed by atoms with Gasteiger partial charge in [0.05, 0.1) is 6.54 Å². The molecule has 0 aliphatic rings. The van der Waals surface area contributed by atoms with Crippen molar-refractivity contribution in [3.05, 3.63) is 53.9 Å². The van der Waals surface area contributed by atoms with E-state index in [0.717, 1.165) is 32.0 Å². The summed E-state index contributed by atoms with van der Waals surface area (Å²) in [6.07, 6.45) is 6.11. The molecule has 2 aromatic rings. The lowest BCUT2D eigenvalue weighted by atomic mass is 10.1. The molecule has 0 saturated heterocycles. The van der Waals surface area contributed by atoms with E-state index in [1.807, 2.05) is 16.9 Å². The lowest BCUT2D eigenvalue weighted by molar-refractivity contribution is 0.685. The standard InChI is InChI=1S/C17H25N5/c1-3-4-9-19-17(18-2)20-13-15-7-5-8-16(12-15)14-22-11-6-10-21-22/h5-8,10-12H,3-4,9,13-14H2,1-2H3,(H2,18,19,20). The fourth-order valence-electron chi connectivity index (χ4n) is 2.21. The highest BCUT2D eigenvalue weighted by molar-refractivity contribution is 5.79. The molecule has 0 spiro atoms. The molecule has 0 unspecified atom stereocenters. The summed E-state index contributed by atoms with van der Waals surface area (Å²) >= 11 is 0. The van der Waals surface area contributed by atoms with Crippen molar-refractivity contribution >= 4 is 5.96 Å². The Bertz CT molecular complexity index is 574. The molecule has 5 nitrogen and oxygen atoms in total. The second-order valence-corrected chi connectivity index (χ2v) is 5.23. The van der Waals surface area contributed by atoms with Gasteiger partial charge in [-0.15, -0.1) is 0 Å². The molecular formula is C17H25N5. The minimum atomic E-state index is 0.763. The first-order valence-electron chi connectivity index (χ1n) is 7.81. The molecule has 1 heterocycles. The summed E-state index contributed by atoms with van der Waals surface area (Å²) in [7, 11) is 1.80. The van der Waals surface area contributed by atoms with Gasteiger partial charge in [-0.2, -0.15) is 5.10 Å². The lowest BCUT2D eigenvalue weighted by Crippen LogP contribution is -2.37. The number of aliphatic imine (C=N–C) groups is 1. The zero-order chi connectivity index (χ0) is 15.6. The van der Waals surface area contributed by atoms with Crippen LogP contribution in [-0.4, -0.2) is 29.3 Å². The molecule has 118 valence electrons. The van der Waals surface area contributed by atoms with E-state index in [2.05, 4.69) is 51.9 Å². The first kappa shape index (κ1) is 16.1. The predicted molar refractivity (Wildman–Crippen MR) is 90.9 cm³/mol. The fraction of sp³-hybridized carbons (Fsp3) is 0.412. The number of benzene rings is 1. The van der Waals surface area contributed by atoms with Crippen molar-refractivity contribution in [1.29, 1.82) is 0 Å². The molecule has 1 aromatic heterocycles. The van der Waals surface area contributed by atoms with Crippen LogP contribution in [0.15, 0.2) is 47.7 Å². The van der Waals surface area contributed by atoms with Crippen molar-refractivity contribution in [2.75, 3.05) is 13.6 Å². The predicted octanol–water partition coefficient (Wildman–Crippen LogP) is 2.40. The Morgan fingerprint density at radius 2 is 2.09 bits per heavy atom. The SMILES string of the molecule is CCCCNC(=NC)NCc1cccc(Cn2cccn2)c1. The van der Waals surface area contributed by atoms with Gasteiger partial charge in [-0.05, 0) is 23.6 Å². The van der Waals surface area contributed by atoms with Crippen molar-refractivity contribution in [2.45, 2.75) is 32.9 Å². The van der Waals surface area contributed by atoms with Gasteiger partial charge in [-0.3, -0.25) is 9.67 Å². The zero-order valence-corrected chi connectivity index (χ0v) is 13.4. The third-order valence-electron chi connectivity index (χ3n) is 3.40. The van der Waals surface area contributed by atoms with Gasteiger partial charge >= 0.3 is 0 Å². The van der Waals surface area contributed by atoms with E-state index in [4.69, 9.17) is 0 Å². The second kappa shape index (κ2) is 8.87. The van der Waals surface area contributed by atoms with Crippen molar-refractivity contribution in [1.82, 2.24) is 20.4 Å². The molecule has 0 radical (unpaired) electrons. The Labute approximate surface area is 132 Å². The smallest absolute Gasteiger partial charge is 0.191 e. The quantitative estimate of drug-likeness (QED) is 0.469. The Morgan fingerprint density at radius 1 is 1.23 bits per heavy atom. The molecule has 0 aliphatic carbocycles. The van der Waals surface area contributed by atoms with Gasteiger partial charge in [0.25, 0.3) is 0 Å². The van der Waals surface area contributed by atoms with Crippen molar-refractivity contribution in [3.8, 4) is 0 Å². The van der Waals surface area contributed by atoms with Gasteiger partial charge in [0.2, 0.25) is 0 Å². The van der Waals surface area contributed by atoms with Crippen molar-refractivity contribution in [3.63, 3.8) is 0 Å². The van der Waals surface area contributed by atoms with Gasteiger partial charge in [-0.1, -0.05) is 37.6 Å². The molecule has 0 saturated carbocycles. The summed E-state index contributed by atoms with van der Waals surface area (Å²) in [6, 6.07) is 10.5. The third kappa shape index (κ3) is 5.24. The maximum Gasteiger partial charge on any atom is 0.191 e. The molecule has 2 rings (SSSR count). The molecular weight excluding hydrogens is 274 g/mol. The molecule has 0 amide bonds. The van der Waals surface area contributed by atoms with Crippen LogP contribution in [0.2, 0.25) is 0 Å². The number of hydrogen-bond acceptors (Lipinski definition) is 2. The molecule has 22 heavy (non-hydrogen) atoms. The largest absolute Gasteiger partial charge is 0.356 e. The average Bonchev–Trinajstić information content (AvgIpc) is 3.04. The average molecular weight is 299 g/mol. The van der Waals surface area contributed by atoms with E-state index in [9.17, 15) is 0 Å². The Morgan fingerprint density at radius 3 is 2.82 bits per heavy atom. The number of rotatable bonds is 7. The minimum Gasteiger partial charge on any atom is -0.356 e. The van der Waals surface area contributed by atoms with E-state index >= 15 is 0 Å². The summed E-state index contributed by atoms with van der Waals surface area (Å²) < 4.78 is 1.93. The van der Waals surface area contributed by atoms with Crippen molar-refractivity contribution < 1.29 is 0 Å². The van der Waals surface area contributed by atoms with E-state index in [-0.39, 0.29) is 0 Å². The number of nitrogens with one attached hydrogen (secondary N) is 2. The van der Waals surface area contributed by atoms with Crippen LogP contribution >= 0.6 is 0 Å². The number of hydrogen-bond donors (Lipinski definition) is 2. The first-order valence-corrected chi connectivity index (χ1v) is 7.81. The number of unbranched alkanes of at least 4 members (excludes halogenated alkanes) is 1. The van der Waals surface area contributed by atoms with Gasteiger partial charge in [0, 0.05) is 32.5 Å². The van der Waals surface area contributed by atoms with Gasteiger partial charge in [0.15, 0.2) is 5.96 Å². The highest BCUT2D eigenvalue weighted by Gasteiger charge is 2.00. The highest BCUT2D eigenvalue weighted by atomic mass is 15.3. The summed E-state index contributed by atoms with van der Waals surface area (Å²) in [4.78, 5) is 4.24. The molecule has 2 N–H and O–H groups in total. The molecule has 0 aliphatic heterocycles. The lowest BCUT2D eigenvalue weighted by Gasteiger charge is -2.12. The van der Waals surface area contributed by atoms with Gasteiger partial charge in [0.1, 0.15) is 0 Å².